The van der Waals surface area contributed by atoms with Gasteiger partial charge in [-0.3, -0.25) is 19.2 Å². The molecule has 0 aliphatic carbocycles. The predicted octanol–water partition coefficient (Wildman–Crippen LogP) is -0.260. The highest BCUT2D eigenvalue weighted by Crippen LogP contribution is 2.09. The molecule has 0 radical (unpaired) electrons. The lowest BCUT2D eigenvalue weighted by Gasteiger charge is -2.26. The number of hydrogen-bond acceptors (Lipinski definition) is 7. The Morgan fingerprint density at radius 2 is 1.44 bits per heavy atom. The van der Waals surface area contributed by atoms with Crippen LogP contribution in [0.15, 0.2) is 0 Å². The summed E-state index contributed by atoms with van der Waals surface area (Å²) in [6, 6.07) is -4.46. The fourth-order valence-electron chi connectivity index (χ4n) is 2.83. The number of carboxylic acids is 2. The summed E-state index contributed by atoms with van der Waals surface area (Å²) < 4.78 is 0. The Labute approximate surface area is 193 Å². The summed E-state index contributed by atoms with van der Waals surface area (Å²) in [6.07, 6.45) is 0.263. The number of nitrogens with one attached hydrogen (secondary N) is 3. The van der Waals surface area contributed by atoms with Crippen molar-refractivity contribution in [3.05, 3.63) is 0 Å². The Balaban J connectivity index is 5.34. The molecule has 0 saturated carbocycles. The minimum absolute atomic E-state index is 0.131. The van der Waals surface area contributed by atoms with E-state index in [1.54, 1.807) is 13.8 Å². The molecule has 32 heavy (non-hydrogen) atoms. The lowest BCUT2D eigenvalue weighted by Crippen LogP contribution is -2.58. The highest BCUT2D eigenvalue weighted by atomic mass is 32.1. The molecular weight excluding hydrogens is 440 g/mol. The van der Waals surface area contributed by atoms with Gasteiger partial charge in [-0.1, -0.05) is 34.1 Å². The van der Waals surface area contributed by atoms with Crippen LogP contribution >= 0.6 is 12.6 Å². The molecule has 11 nitrogen and oxygen atoms in total. The summed E-state index contributed by atoms with van der Waals surface area (Å²) in [7, 11) is 0. The lowest BCUT2D eigenvalue weighted by atomic mass is 9.99. The molecular formula is C20H36N4O7S. The van der Waals surface area contributed by atoms with Gasteiger partial charge in [0.15, 0.2) is 0 Å². The fourth-order valence-corrected chi connectivity index (χ4v) is 3.09. The second-order valence-corrected chi connectivity index (χ2v) is 8.55. The van der Waals surface area contributed by atoms with Crippen LogP contribution in [0.2, 0.25) is 0 Å². The number of carbonyl (C=O) groups excluding carboxylic acids is 3. The van der Waals surface area contributed by atoms with Gasteiger partial charge in [-0.05, 0) is 24.7 Å². The Bertz CT molecular complexity index is 674. The fraction of sp³-hybridized carbons (Fsp3) is 0.750. The first-order chi connectivity index (χ1) is 14.8. The molecule has 0 bridgehead atoms. The summed E-state index contributed by atoms with van der Waals surface area (Å²) in [5, 5.41) is 25.5. The smallest absolute Gasteiger partial charge is 0.326 e. The number of rotatable bonds is 15. The maximum absolute atomic E-state index is 12.7. The van der Waals surface area contributed by atoms with E-state index in [4.69, 9.17) is 10.8 Å². The number of nitrogens with two attached hydrogens (primary N) is 1. The SMILES string of the molecule is CCC(C)C(NC(=O)C(CS)NC(=O)C(CCC(=O)O)NC(=O)C(N)CC(C)C)C(=O)O. The topological polar surface area (TPSA) is 188 Å². The molecule has 3 amide bonds. The van der Waals surface area contributed by atoms with Gasteiger partial charge in [-0.2, -0.15) is 12.6 Å². The van der Waals surface area contributed by atoms with E-state index in [1.807, 2.05) is 13.8 Å². The summed E-state index contributed by atoms with van der Waals surface area (Å²) in [4.78, 5) is 60.0. The van der Waals surface area contributed by atoms with E-state index < -0.39 is 60.2 Å². The molecule has 0 spiro atoms. The molecule has 5 atom stereocenters. The van der Waals surface area contributed by atoms with Crippen molar-refractivity contribution in [1.82, 2.24) is 16.0 Å². The van der Waals surface area contributed by atoms with Crippen LogP contribution in [0.25, 0.3) is 0 Å². The van der Waals surface area contributed by atoms with Crippen molar-refractivity contribution in [2.75, 3.05) is 5.75 Å². The van der Waals surface area contributed by atoms with Gasteiger partial charge >= 0.3 is 11.9 Å². The maximum atomic E-state index is 12.7. The zero-order valence-corrected chi connectivity index (χ0v) is 19.9. The maximum Gasteiger partial charge on any atom is 0.326 e. The quantitative estimate of drug-likeness (QED) is 0.157. The van der Waals surface area contributed by atoms with Crippen molar-refractivity contribution in [1.29, 1.82) is 0 Å². The predicted molar refractivity (Wildman–Crippen MR) is 121 cm³/mol. The molecule has 7 N–H and O–H groups in total. The number of hydrogen-bond donors (Lipinski definition) is 7. The summed E-state index contributed by atoms with van der Waals surface area (Å²) in [5.41, 5.74) is 5.83. The Kier molecular flexibility index (Phi) is 13.6. The second kappa shape index (κ2) is 14.7. The molecule has 0 saturated heterocycles. The van der Waals surface area contributed by atoms with Crippen molar-refractivity contribution in [3.63, 3.8) is 0 Å². The average molecular weight is 477 g/mol. The molecule has 184 valence electrons. The van der Waals surface area contributed by atoms with Gasteiger partial charge in [-0.25, -0.2) is 4.79 Å². The van der Waals surface area contributed by atoms with Crippen LogP contribution in [0.1, 0.15) is 53.4 Å². The molecule has 5 unspecified atom stereocenters. The van der Waals surface area contributed by atoms with Crippen LogP contribution in [0, 0.1) is 11.8 Å². The van der Waals surface area contributed by atoms with Crippen LogP contribution in [0.5, 0.6) is 0 Å². The normalized spacial score (nSPS) is 15.7. The van der Waals surface area contributed by atoms with Gasteiger partial charge in [0.1, 0.15) is 18.1 Å². The van der Waals surface area contributed by atoms with Crippen molar-refractivity contribution < 1.29 is 34.2 Å². The third kappa shape index (κ3) is 10.8. The van der Waals surface area contributed by atoms with Gasteiger partial charge in [0, 0.05) is 12.2 Å². The zero-order valence-electron chi connectivity index (χ0n) is 19.0. The van der Waals surface area contributed by atoms with Crippen LogP contribution in [-0.4, -0.2) is 69.8 Å². The molecule has 12 heteroatoms. The highest BCUT2D eigenvalue weighted by Gasteiger charge is 2.31. The highest BCUT2D eigenvalue weighted by molar-refractivity contribution is 7.80. The molecule has 0 fully saturated rings. The lowest BCUT2D eigenvalue weighted by molar-refractivity contribution is -0.143. The molecule has 0 heterocycles. The zero-order chi connectivity index (χ0) is 25.0. The molecule has 0 aromatic carbocycles. The first-order valence-electron chi connectivity index (χ1n) is 10.6. The van der Waals surface area contributed by atoms with Gasteiger partial charge < -0.3 is 31.9 Å². The van der Waals surface area contributed by atoms with E-state index in [0.29, 0.717) is 12.8 Å². The van der Waals surface area contributed by atoms with Gasteiger partial charge in [0.05, 0.1) is 6.04 Å². The molecule has 0 rings (SSSR count). The molecule has 0 aliphatic rings. The average Bonchev–Trinajstić information content (AvgIpc) is 2.70. The van der Waals surface area contributed by atoms with Crippen LogP contribution in [0.3, 0.4) is 0 Å². The minimum atomic E-state index is -1.24. The van der Waals surface area contributed by atoms with Crippen LogP contribution in [0.4, 0.5) is 0 Å². The number of carbonyl (C=O) groups is 5. The molecule has 0 aromatic heterocycles. The molecule has 0 aromatic rings. The Morgan fingerprint density at radius 1 is 0.906 bits per heavy atom. The summed E-state index contributed by atoms with van der Waals surface area (Å²) >= 11 is 4.05. The minimum Gasteiger partial charge on any atom is -0.481 e. The first-order valence-corrected chi connectivity index (χ1v) is 11.2. The van der Waals surface area contributed by atoms with E-state index in [9.17, 15) is 29.1 Å². The number of thiol groups is 1. The van der Waals surface area contributed by atoms with E-state index in [0.717, 1.165) is 0 Å². The van der Waals surface area contributed by atoms with E-state index >= 15 is 0 Å². The number of carboxylic acid groups (broad SMARTS) is 2. The Hall–Kier alpha value is -2.34. The van der Waals surface area contributed by atoms with Gasteiger partial charge in [-0.15, -0.1) is 0 Å². The van der Waals surface area contributed by atoms with Gasteiger partial charge in [0.2, 0.25) is 17.7 Å². The third-order valence-electron chi connectivity index (χ3n) is 4.93. The van der Waals surface area contributed by atoms with Crippen LogP contribution in [-0.2, 0) is 24.0 Å². The van der Waals surface area contributed by atoms with Crippen molar-refractivity contribution >= 4 is 42.3 Å². The van der Waals surface area contributed by atoms with Crippen molar-refractivity contribution in [2.45, 2.75) is 77.5 Å². The third-order valence-corrected chi connectivity index (χ3v) is 5.30. The van der Waals surface area contributed by atoms with E-state index in [1.165, 1.54) is 0 Å². The summed E-state index contributed by atoms with van der Waals surface area (Å²) in [6.45, 7) is 7.21. The standard InChI is InChI=1S/C20H36N4O7S/c1-5-11(4)16(20(30)31)24-19(29)14(9-32)23-18(28)13(6-7-15(25)26)22-17(27)12(21)8-10(2)3/h10-14,16,32H,5-9,21H2,1-4H3,(H,22,27)(H,23,28)(H,24,29)(H,25,26)(H,30,31). The largest absolute Gasteiger partial charge is 0.481 e. The first kappa shape index (κ1) is 29.7. The van der Waals surface area contributed by atoms with E-state index in [2.05, 4.69) is 28.6 Å². The number of amides is 3. The van der Waals surface area contributed by atoms with E-state index in [-0.39, 0.29) is 24.0 Å². The second-order valence-electron chi connectivity index (χ2n) is 8.18. The van der Waals surface area contributed by atoms with Gasteiger partial charge in [0.25, 0.3) is 0 Å². The van der Waals surface area contributed by atoms with Crippen molar-refractivity contribution in [2.24, 2.45) is 17.6 Å². The Morgan fingerprint density at radius 3 is 1.88 bits per heavy atom. The van der Waals surface area contributed by atoms with Crippen LogP contribution < -0.4 is 21.7 Å². The monoisotopic (exact) mass is 476 g/mol. The summed E-state index contributed by atoms with van der Waals surface area (Å²) in [5.74, 6) is -4.88. The van der Waals surface area contributed by atoms with Crippen molar-refractivity contribution in [3.8, 4) is 0 Å². The molecule has 0 aliphatic heterocycles. The number of aliphatic carboxylic acids is 2.